The van der Waals surface area contributed by atoms with Gasteiger partial charge in [-0.15, -0.1) is 0 Å². The molecule has 5 nitrogen and oxygen atoms in total. The van der Waals surface area contributed by atoms with E-state index in [4.69, 9.17) is 5.11 Å². The molecule has 1 fully saturated rings. The van der Waals surface area contributed by atoms with Crippen LogP contribution in [0.15, 0.2) is 30.3 Å². The number of amides is 1. The van der Waals surface area contributed by atoms with Crippen molar-refractivity contribution < 1.29 is 14.7 Å². The quantitative estimate of drug-likeness (QED) is 0.849. The van der Waals surface area contributed by atoms with Crippen molar-refractivity contribution in [3.63, 3.8) is 0 Å². The molecule has 1 unspecified atom stereocenters. The van der Waals surface area contributed by atoms with Crippen molar-refractivity contribution in [2.75, 3.05) is 13.1 Å². The van der Waals surface area contributed by atoms with Gasteiger partial charge in [0, 0.05) is 26.6 Å². The number of carbonyl (C=O) groups is 2. The fourth-order valence-electron chi connectivity index (χ4n) is 2.89. The zero-order valence-corrected chi connectivity index (χ0v) is 11.6. The van der Waals surface area contributed by atoms with Crippen molar-refractivity contribution in [2.24, 2.45) is 0 Å². The molecule has 108 valence electrons. The summed E-state index contributed by atoms with van der Waals surface area (Å²) in [6.07, 6.45) is 0.642. The molecular weight excluding hydrogens is 256 g/mol. The number of hydrogen-bond donors (Lipinski definition) is 2. The van der Waals surface area contributed by atoms with Gasteiger partial charge in [0.25, 0.3) is 0 Å². The zero-order chi connectivity index (χ0) is 14.6. The van der Waals surface area contributed by atoms with Crippen LogP contribution in [0.25, 0.3) is 0 Å². The Balaban J connectivity index is 2.03. The van der Waals surface area contributed by atoms with Gasteiger partial charge in [0.15, 0.2) is 0 Å². The first kappa shape index (κ1) is 14.5. The third kappa shape index (κ3) is 3.81. The minimum Gasteiger partial charge on any atom is -0.481 e. The average molecular weight is 276 g/mol. The maximum atomic E-state index is 11.3. The summed E-state index contributed by atoms with van der Waals surface area (Å²) in [6, 6.07) is 10.1. The first-order chi connectivity index (χ1) is 9.49. The van der Waals surface area contributed by atoms with Crippen LogP contribution < -0.4 is 5.32 Å². The van der Waals surface area contributed by atoms with E-state index in [-0.39, 0.29) is 12.3 Å². The molecule has 0 saturated carbocycles. The van der Waals surface area contributed by atoms with Crippen molar-refractivity contribution in [1.29, 1.82) is 0 Å². The van der Waals surface area contributed by atoms with Gasteiger partial charge in [-0.05, 0) is 12.0 Å². The summed E-state index contributed by atoms with van der Waals surface area (Å²) in [5.41, 5.74) is 0.563. The number of benzene rings is 1. The van der Waals surface area contributed by atoms with E-state index in [9.17, 15) is 9.59 Å². The number of hydrogen-bond acceptors (Lipinski definition) is 3. The number of nitrogens with zero attached hydrogens (tertiary/aromatic N) is 1. The van der Waals surface area contributed by atoms with Crippen molar-refractivity contribution >= 4 is 11.9 Å². The first-order valence-corrected chi connectivity index (χ1v) is 6.76. The molecule has 1 aliphatic heterocycles. The number of carbonyl (C=O) groups excluding carboxylic acids is 1. The lowest BCUT2D eigenvalue weighted by atomic mass is 9.94. The van der Waals surface area contributed by atoms with Crippen molar-refractivity contribution in [2.45, 2.75) is 31.8 Å². The number of likely N-dealkylation sites (tertiary alicyclic amines) is 1. The number of rotatable bonds is 5. The molecule has 1 aliphatic rings. The molecule has 5 heteroatoms. The molecule has 1 aromatic rings. The van der Waals surface area contributed by atoms with Gasteiger partial charge in [-0.3, -0.25) is 14.5 Å². The molecule has 1 atom stereocenters. The normalized spacial score (nSPS) is 22.6. The Morgan fingerprint density at radius 3 is 2.65 bits per heavy atom. The number of carboxylic acid groups (broad SMARTS) is 1. The summed E-state index contributed by atoms with van der Waals surface area (Å²) in [4.78, 5) is 24.6. The molecule has 1 heterocycles. The van der Waals surface area contributed by atoms with Crippen molar-refractivity contribution in [3.05, 3.63) is 35.9 Å². The highest BCUT2D eigenvalue weighted by atomic mass is 16.4. The lowest BCUT2D eigenvalue weighted by Gasteiger charge is -2.28. The Labute approximate surface area is 118 Å². The van der Waals surface area contributed by atoms with Gasteiger partial charge in [-0.1, -0.05) is 30.3 Å². The molecule has 20 heavy (non-hydrogen) atoms. The third-order valence-electron chi connectivity index (χ3n) is 3.61. The minimum absolute atomic E-state index is 0.0299. The van der Waals surface area contributed by atoms with Gasteiger partial charge in [-0.25, -0.2) is 0 Å². The molecule has 2 rings (SSSR count). The summed E-state index contributed by atoms with van der Waals surface area (Å²) in [5.74, 6) is -1.05. The van der Waals surface area contributed by atoms with Gasteiger partial charge in [-0.2, -0.15) is 0 Å². The van der Waals surface area contributed by atoms with E-state index in [1.165, 1.54) is 12.5 Å². The molecule has 1 amide bonds. The van der Waals surface area contributed by atoms with Crippen LogP contribution >= 0.6 is 0 Å². The summed E-state index contributed by atoms with van der Waals surface area (Å²) < 4.78 is 0. The topological polar surface area (TPSA) is 69.6 Å². The molecule has 0 aromatic heterocycles. The fraction of sp³-hybridized carbons (Fsp3) is 0.467. The Morgan fingerprint density at radius 1 is 1.35 bits per heavy atom. The maximum absolute atomic E-state index is 11.3. The molecule has 0 radical (unpaired) electrons. The number of nitrogens with one attached hydrogen (secondary N) is 1. The van der Waals surface area contributed by atoms with Crippen LogP contribution in [0.3, 0.4) is 0 Å². The third-order valence-corrected chi connectivity index (χ3v) is 3.61. The highest BCUT2D eigenvalue weighted by Gasteiger charge is 2.40. The lowest BCUT2D eigenvalue weighted by molar-refractivity contribution is -0.139. The van der Waals surface area contributed by atoms with Crippen molar-refractivity contribution in [1.82, 2.24) is 10.2 Å². The zero-order valence-electron chi connectivity index (χ0n) is 11.6. The molecule has 1 saturated heterocycles. The second-order valence-electron chi connectivity index (χ2n) is 5.48. The van der Waals surface area contributed by atoms with E-state index >= 15 is 0 Å². The second kappa shape index (κ2) is 6.05. The highest BCUT2D eigenvalue weighted by molar-refractivity contribution is 5.76. The molecule has 2 N–H and O–H groups in total. The van der Waals surface area contributed by atoms with E-state index in [0.29, 0.717) is 13.0 Å². The van der Waals surface area contributed by atoms with Crippen LogP contribution in [0.1, 0.15) is 25.3 Å². The lowest BCUT2D eigenvalue weighted by Crippen LogP contribution is -2.51. The van der Waals surface area contributed by atoms with Crippen LogP contribution in [-0.2, 0) is 16.1 Å². The monoisotopic (exact) mass is 276 g/mol. The fourth-order valence-corrected chi connectivity index (χ4v) is 2.89. The van der Waals surface area contributed by atoms with Crippen LogP contribution in [0.5, 0.6) is 0 Å². The van der Waals surface area contributed by atoms with E-state index in [2.05, 4.69) is 22.3 Å². The minimum atomic E-state index is -0.875. The smallest absolute Gasteiger partial charge is 0.305 e. The van der Waals surface area contributed by atoms with Crippen molar-refractivity contribution in [3.8, 4) is 0 Å². The van der Waals surface area contributed by atoms with Gasteiger partial charge in [0.05, 0.1) is 12.0 Å². The SMILES string of the molecule is CC(=O)NC1(CC(=O)O)CCN(Cc2ccccc2)C1. The van der Waals surface area contributed by atoms with E-state index < -0.39 is 11.5 Å². The van der Waals surface area contributed by atoms with Gasteiger partial charge >= 0.3 is 5.97 Å². The van der Waals surface area contributed by atoms with E-state index in [1.807, 2.05) is 18.2 Å². The molecular formula is C15H20N2O3. The molecule has 0 spiro atoms. The predicted octanol–water partition coefficient (Wildman–Crippen LogP) is 1.24. The first-order valence-electron chi connectivity index (χ1n) is 6.76. The van der Waals surface area contributed by atoms with Crippen LogP contribution in [0.4, 0.5) is 0 Å². The Hall–Kier alpha value is -1.88. The van der Waals surface area contributed by atoms with E-state index in [1.54, 1.807) is 0 Å². The molecule has 1 aromatic carbocycles. The highest BCUT2D eigenvalue weighted by Crippen LogP contribution is 2.26. The molecule has 0 bridgehead atoms. The summed E-state index contributed by atoms with van der Waals surface area (Å²) in [6.45, 7) is 3.58. The van der Waals surface area contributed by atoms with E-state index in [0.717, 1.165) is 13.1 Å². The average Bonchev–Trinajstić information content (AvgIpc) is 2.71. The van der Waals surface area contributed by atoms with Gasteiger partial charge < -0.3 is 10.4 Å². The second-order valence-corrected chi connectivity index (χ2v) is 5.48. The number of carboxylic acids is 1. The maximum Gasteiger partial charge on any atom is 0.305 e. The Morgan fingerprint density at radius 2 is 2.05 bits per heavy atom. The molecule has 0 aliphatic carbocycles. The van der Waals surface area contributed by atoms with Crippen LogP contribution in [0, 0.1) is 0 Å². The largest absolute Gasteiger partial charge is 0.481 e. The standard InChI is InChI=1S/C15H20N2O3/c1-12(18)16-15(9-14(19)20)7-8-17(11-15)10-13-5-3-2-4-6-13/h2-6H,7-11H2,1H3,(H,16,18)(H,19,20). The van der Waals surface area contributed by atoms with Crippen LogP contribution in [-0.4, -0.2) is 40.5 Å². The van der Waals surface area contributed by atoms with Gasteiger partial charge in [0.1, 0.15) is 0 Å². The Bertz CT molecular complexity index is 471. The summed E-state index contributed by atoms with van der Waals surface area (Å²) >= 11 is 0. The van der Waals surface area contributed by atoms with Gasteiger partial charge in [0.2, 0.25) is 5.91 Å². The summed E-state index contributed by atoms with van der Waals surface area (Å²) in [7, 11) is 0. The van der Waals surface area contributed by atoms with Crippen LogP contribution in [0.2, 0.25) is 0 Å². The number of aliphatic carboxylic acids is 1. The summed E-state index contributed by atoms with van der Waals surface area (Å²) in [5, 5.41) is 11.9. The Kier molecular flexibility index (Phi) is 4.39. The predicted molar refractivity (Wildman–Crippen MR) is 75.1 cm³/mol.